The minimum atomic E-state index is -3.69. The molecule has 6 nitrogen and oxygen atoms in total. The van der Waals surface area contributed by atoms with Crippen LogP contribution < -0.4 is 5.32 Å². The minimum Gasteiger partial charge on any atom is -0.298 e. The van der Waals surface area contributed by atoms with Gasteiger partial charge in [0.25, 0.3) is 5.91 Å². The lowest BCUT2D eigenvalue weighted by Crippen LogP contribution is -2.26. The van der Waals surface area contributed by atoms with E-state index in [-0.39, 0.29) is 17.3 Å². The largest absolute Gasteiger partial charge is 0.298 e. The first kappa shape index (κ1) is 22.2. The van der Waals surface area contributed by atoms with Gasteiger partial charge in [0.05, 0.1) is 15.1 Å². The lowest BCUT2D eigenvalue weighted by molar-refractivity contribution is 0.102. The summed E-state index contributed by atoms with van der Waals surface area (Å²) in [5.74, 6) is -0.343. The van der Waals surface area contributed by atoms with Crippen LogP contribution in [0.3, 0.4) is 0 Å². The van der Waals surface area contributed by atoms with Crippen molar-refractivity contribution in [1.82, 2.24) is 9.29 Å². The normalized spacial score (nSPS) is 11.8. The molecule has 1 aromatic heterocycles. The van der Waals surface area contributed by atoms with Crippen molar-refractivity contribution in [3.63, 3.8) is 0 Å². The van der Waals surface area contributed by atoms with Crippen molar-refractivity contribution in [3.05, 3.63) is 102 Å². The molecule has 0 aliphatic carbocycles. The van der Waals surface area contributed by atoms with Crippen LogP contribution in [0.2, 0.25) is 0 Å². The molecule has 5 rings (SSSR count). The lowest BCUT2D eigenvalue weighted by atomic mass is 10.1. The first-order chi connectivity index (χ1) is 16.4. The second kappa shape index (κ2) is 8.98. The van der Waals surface area contributed by atoms with Crippen LogP contribution in [0.5, 0.6) is 0 Å². The average Bonchev–Trinajstić information content (AvgIpc) is 3.27. The number of nitrogens with zero attached hydrogens (tertiary/aromatic N) is 2. The molecule has 0 spiro atoms. The molecular formula is C26H21N3O3S2. The van der Waals surface area contributed by atoms with E-state index in [1.807, 2.05) is 66.7 Å². The number of rotatable bonds is 6. The zero-order valence-electron chi connectivity index (χ0n) is 18.3. The molecule has 0 unspecified atom stereocenters. The standard InChI is InChI=1S/C26H21N3O3S2/c1-29(17-18-7-3-2-4-8-18)34(31,32)21-14-11-20(12-15-21)25(30)28-26-27-23-16-13-19-9-5-6-10-22(19)24(23)33-26/h2-16H,17H2,1H3,(H,27,28,30). The maximum atomic E-state index is 12.9. The molecule has 0 aliphatic heterocycles. The Bertz CT molecular complexity index is 1600. The summed E-state index contributed by atoms with van der Waals surface area (Å²) in [6.07, 6.45) is 0. The highest BCUT2D eigenvalue weighted by Gasteiger charge is 2.21. The molecule has 5 aromatic rings. The maximum absolute atomic E-state index is 12.9. The van der Waals surface area contributed by atoms with E-state index in [2.05, 4.69) is 10.3 Å². The number of benzene rings is 4. The molecule has 0 fully saturated rings. The third-order valence-electron chi connectivity index (χ3n) is 5.57. The van der Waals surface area contributed by atoms with Crippen molar-refractivity contribution in [1.29, 1.82) is 0 Å². The van der Waals surface area contributed by atoms with E-state index >= 15 is 0 Å². The Labute approximate surface area is 201 Å². The summed E-state index contributed by atoms with van der Waals surface area (Å²) in [6, 6.07) is 27.3. The molecular weight excluding hydrogens is 466 g/mol. The van der Waals surface area contributed by atoms with E-state index in [1.165, 1.54) is 39.9 Å². The number of anilines is 1. The highest BCUT2D eigenvalue weighted by Crippen LogP contribution is 2.32. The topological polar surface area (TPSA) is 79.4 Å². The number of thiazole rings is 1. The molecule has 34 heavy (non-hydrogen) atoms. The summed E-state index contributed by atoms with van der Waals surface area (Å²) >= 11 is 1.42. The number of sulfonamides is 1. The number of aromatic nitrogens is 1. The third kappa shape index (κ3) is 4.31. The number of carbonyl (C=O) groups excluding carboxylic acids is 1. The molecule has 8 heteroatoms. The van der Waals surface area contributed by atoms with Crippen LogP contribution in [0.15, 0.2) is 95.9 Å². The van der Waals surface area contributed by atoms with E-state index in [0.29, 0.717) is 10.7 Å². The minimum absolute atomic E-state index is 0.133. The fraction of sp³-hybridized carbons (Fsp3) is 0.0769. The fourth-order valence-electron chi connectivity index (χ4n) is 3.76. The van der Waals surface area contributed by atoms with Gasteiger partial charge in [-0.05, 0) is 41.3 Å². The molecule has 0 bridgehead atoms. The predicted molar refractivity (Wildman–Crippen MR) is 137 cm³/mol. The van der Waals surface area contributed by atoms with Gasteiger partial charge in [-0.3, -0.25) is 10.1 Å². The summed E-state index contributed by atoms with van der Waals surface area (Å²) < 4.78 is 28.2. The molecule has 4 aromatic carbocycles. The first-order valence-corrected chi connectivity index (χ1v) is 12.9. The Balaban J connectivity index is 1.33. The van der Waals surface area contributed by atoms with Gasteiger partial charge in [0.15, 0.2) is 5.13 Å². The monoisotopic (exact) mass is 487 g/mol. The molecule has 1 heterocycles. The summed E-state index contributed by atoms with van der Waals surface area (Å²) in [5, 5.41) is 5.54. The van der Waals surface area contributed by atoms with Crippen LogP contribution in [0.4, 0.5) is 5.13 Å². The molecule has 1 N–H and O–H groups in total. The fourth-order valence-corrected chi connectivity index (χ4v) is 5.92. The van der Waals surface area contributed by atoms with Crippen LogP contribution in [-0.4, -0.2) is 30.7 Å². The van der Waals surface area contributed by atoms with Crippen molar-refractivity contribution in [2.24, 2.45) is 0 Å². The van der Waals surface area contributed by atoms with Gasteiger partial charge in [0.1, 0.15) is 0 Å². The second-order valence-electron chi connectivity index (χ2n) is 7.88. The summed E-state index contributed by atoms with van der Waals surface area (Å²) in [6.45, 7) is 0.262. The predicted octanol–water partition coefficient (Wildman–Crippen LogP) is 5.52. The van der Waals surface area contributed by atoms with Gasteiger partial charge in [-0.2, -0.15) is 4.31 Å². The number of hydrogen-bond donors (Lipinski definition) is 1. The average molecular weight is 488 g/mol. The van der Waals surface area contributed by atoms with Crippen LogP contribution in [0, 0.1) is 0 Å². The SMILES string of the molecule is CN(Cc1ccccc1)S(=O)(=O)c1ccc(C(=O)Nc2nc3ccc4ccccc4c3s2)cc1. The van der Waals surface area contributed by atoms with Gasteiger partial charge in [-0.25, -0.2) is 13.4 Å². The van der Waals surface area contributed by atoms with Crippen LogP contribution in [0.25, 0.3) is 21.0 Å². The molecule has 0 aliphatic rings. The quantitative estimate of drug-likeness (QED) is 0.342. The van der Waals surface area contributed by atoms with Crippen molar-refractivity contribution in [3.8, 4) is 0 Å². The number of hydrogen-bond acceptors (Lipinski definition) is 5. The summed E-state index contributed by atoms with van der Waals surface area (Å²) in [4.78, 5) is 17.5. The first-order valence-electron chi connectivity index (χ1n) is 10.6. The van der Waals surface area contributed by atoms with Gasteiger partial charge in [0, 0.05) is 24.5 Å². The van der Waals surface area contributed by atoms with Crippen LogP contribution in [0.1, 0.15) is 15.9 Å². The zero-order valence-corrected chi connectivity index (χ0v) is 19.9. The van der Waals surface area contributed by atoms with Gasteiger partial charge in [0.2, 0.25) is 10.0 Å². The molecule has 0 atom stereocenters. The van der Waals surface area contributed by atoms with Crippen LogP contribution >= 0.6 is 11.3 Å². The van der Waals surface area contributed by atoms with E-state index < -0.39 is 10.0 Å². The molecule has 170 valence electrons. The molecule has 1 amide bonds. The Morgan fingerprint density at radius 1 is 0.912 bits per heavy atom. The number of nitrogens with one attached hydrogen (secondary N) is 1. The van der Waals surface area contributed by atoms with Gasteiger partial charge >= 0.3 is 0 Å². The highest BCUT2D eigenvalue weighted by molar-refractivity contribution is 7.89. The number of carbonyl (C=O) groups is 1. The zero-order chi connectivity index (χ0) is 23.7. The van der Waals surface area contributed by atoms with Gasteiger partial charge in [-0.1, -0.05) is 72.0 Å². The third-order valence-corrected chi connectivity index (χ3v) is 8.41. The molecule has 0 radical (unpaired) electrons. The van der Waals surface area contributed by atoms with E-state index in [0.717, 1.165) is 26.6 Å². The molecule has 0 saturated carbocycles. The summed E-state index contributed by atoms with van der Waals surface area (Å²) in [5.41, 5.74) is 2.07. The van der Waals surface area contributed by atoms with Gasteiger partial charge in [-0.15, -0.1) is 0 Å². The van der Waals surface area contributed by atoms with Crippen molar-refractivity contribution < 1.29 is 13.2 Å². The smallest absolute Gasteiger partial charge is 0.257 e. The summed E-state index contributed by atoms with van der Waals surface area (Å²) in [7, 11) is -2.14. The lowest BCUT2D eigenvalue weighted by Gasteiger charge is -2.17. The van der Waals surface area contributed by atoms with Crippen molar-refractivity contribution in [2.45, 2.75) is 11.4 Å². The van der Waals surface area contributed by atoms with E-state index in [1.54, 1.807) is 7.05 Å². The molecule has 0 saturated heterocycles. The van der Waals surface area contributed by atoms with Crippen molar-refractivity contribution >= 4 is 53.4 Å². The Morgan fingerprint density at radius 3 is 2.38 bits per heavy atom. The maximum Gasteiger partial charge on any atom is 0.257 e. The van der Waals surface area contributed by atoms with Crippen LogP contribution in [-0.2, 0) is 16.6 Å². The van der Waals surface area contributed by atoms with E-state index in [9.17, 15) is 13.2 Å². The van der Waals surface area contributed by atoms with E-state index in [4.69, 9.17) is 0 Å². The Morgan fingerprint density at radius 2 is 1.62 bits per heavy atom. The van der Waals surface area contributed by atoms with Gasteiger partial charge < -0.3 is 0 Å². The number of amides is 1. The highest BCUT2D eigenvalue weighted by atomic mass is 32.2. The second-order valence-corrected chi connectivity index (χ2v) is 10.9. The van der Waals surface area contributed by atoms with Crippen molar-refractivity contribution in [2.75, 3.05) is 12.4 Å². The Kier molecular flexibility index (Phi) is 5.87. The Hall–Kier alpha value is -3.59. The number of fused-ring (bicyclic) bond motifs is 3.